The smallest absolute Gasteiger partial charge is 0.338 e. The minimum Gasteiger partial charge on any atom is -0.452 e. The number of carbonyl (C=O) groups is 3. The minimum absolute atomic E-state index is 0.0942. The first-order chi connectivity index (χ1) is 13.4. The lowest BCUT2D eigenvalue weighted by atomic mass is 10.1. The summed E-state index contributed by atoms with van der Waals surface area (Å²) in [6, 6.07) is 14.4. The van der Waals surface area contributed by atoms with Gasteiger partial charge >= 0.3 is 5.97 Å². The van der Waals surface area contributed by atoms with Crippen molar-refractivity contribution in [1.82, 2.24) is 4.90 Å². The summed E-state index contributed by atoms with van der Waals surface area (Å²) in [5.74, 6) is -1.25. The number of rotatable bonds is 8. The zero-order chi connectivity index (χ0) is 20.5. The molecule has 0 aliphatic rings. The van der Waals surface area contributed by atoms with Crippen molar-refractivity contribution in [3.05, 3.63) is 65.2 Å². The highest BCUT2D eigenvalue weighted by atomic mass is 16.5. The van der Waals surface area contributed by atoms with Gasteiger partial charge in [0.25, 0.3) is 5.91 Å². The molecule has 0 aliphatic carbocycles. The lowest BCUT2D eigenvalue weighted by Crippen LogP contribution is -2.40. The number of aryl methyl sites for hydroxylation is 2. The van der Waals surface area contributed by atoms with Crippen molar-refractivity contribution in [2.75, 3.05) is 25.0 Å². The van der Waals surface area contributed by atoms with Gasteiger partial charge in [0.15, 0.2) is 6.61 Å². The number of nitrogens with zero attached hydrogens (tertiary/aromatic N) is 1. The summed E-state index contributed by atoms with van der Waals surface area (Å²) in [7, 11) is 0. The third kappa shape index (κ3) is 6.23. The fourth-order valence-electron chi connectivity index (χ4n) is 2.71. The van der Waals surface area contributed by atoms with Crippen LogP contribution in [-0.4, -0.2) is 42.4 Å². The Hall–Kier alpha value is -3.15. The Labute approximate surface area is 165 Å². The van der Waals surface area contributed by atoms with Gasteiger partial charge in [-0.3, -0.25) is 9.59 Å². The lowest BCUT2D eigenvalue weighted by Gasteiger charge is -2.21. The first kappa shape index (κ1) is 21.2. The van der Waals surface area contributed by atoms with Crippen LogP contribution in [0.3, 0.4) is 0 Å². The lowest BCUT2D eigenvalue weighted by molar-refractivity contribution is -0.137. The number of para-hydroxylation sites is 1. The minimum atomic E-state index is -0.558. The van der Waals surface area contributed by atoms with Crippen LogP contribution in [0.4, 0.5) is 5.69 Å². The van der Waals surface area contributed by atoms with Gasteiger partial charge in [-0.05, 0) is 44.0 Å². The molecule has 2 aromatic rings. The number of carbonyl (C=O) groups excluding carboxylic acids is 3. The fourth-order valence-corrected chi connectivity index (χ4v) is 2.71. The molecule has 6 heteroatoms. The first-order valence-corrected chi connectivity index (χ1v) is 9.27. The molecule has 0 radical (unpaired) electrons. The number of benzene rings is 2. The number of anilines is 1. The van der Waals surface area contributed by atoms with E-state index in [1.165, 1.54) is 4.90 Å². The second-order valence-electron chi connectivity index (χ2n) is 6.62. The van der Waals surface area contributed by atoms with Gasteiger partial charge in [-0.2, -0.15) is 0 Å². The summed E-state index contributed by atoms with van der Waals surface area (Å²) >= 11 is 0. The summed E-state index contributed by atoms with van der Waals surface area (Å²) in [6.45, 7) is 5.60. The molecule has 0 fully saturated rings. The van der Waals surface area contributed by atoms with Crippen molar-refractivity contribution in [3.8, 4) is 0 Å². The molecule has 0 bridgehead atoms. The van der Waals surface area contributed by atoms with Crippen LogP contribution in [0.2, 0.25) is 0 Å². The quantitative estimate of drug-likeness (QED) is 0.711. The maximum atomic E-state index is 12.5. The van der Waals surface area contributed by atoms with E-state index in [0.29, 0.717) is 24.2 Å². The molecule has 0 atom stereocenters. The summed E-state index contributed by atoms with van der Waals surface area (Å²) in [6.07, 6.45) is 0.690. The fraction of sp³-hybridized carbons (Fsp3) is 0.318. The van der Waals surface area contributed by atoms with Gasteiger partial charge in [-0.1, -0.05) is 42.8 Å². The average Bonchev–Trinajstić information content (AvgIpc) is 2.67. The number of hydrogen-bond donors (Lipinski definition) is 1. The molecule has 0 unspecified atom stereocenters. The summed E-state index contributed by atoms with van der Waals surface area (Å²) in [4.78, 5) is 38.3. The van der Waals surface area contributed by atoms with Crippen molar-refractivity contribution in [2.24, 2.45) is 0 Å². The third-order valence-electron chi connectivity index (χ3n) is 4.18. The highest BCUT2D eigenvalue weighted by Crippen LogP contribution is 2.13. The number of esters is 1. The normalized spacial score (nSPS) is 10.2. The Balaban J connectivity index is 1.92. The Morgan fingerprint density at radius 2 is 1.79 bits per heavy atom. The van der Waals surface area contributed by atoms with Gasteiger partial charge < -0.3 is 15.0 Å². The van der Waals surface area contributed by atoms with E-state index in [4.69, 9.17) is 4.74 Å². The topological polar surface area (TPSA) is 75.7 Å². The van der Waals surface area contributed by atoms with Crippen LogP contribution in [0.5, 0.6) is 0 Å². The average molecular weight is 382 g/mol. The van der Waals surface area contributed by atoms with Gasteiger partial charge in [-0.25, -0.2) is 4.79 Å². The Kier molecular flexibility index (Phi) is 7.75. The van der Waals surface area contributed by atoms with E-state index in [0.717, 1.165) is 11.1 Å². The molecule has 148 valence electrons. The zero-order valence-corrected chi connectivity index (χ0v) is 16.5. The van der Waals surface area contributed by atoms with Crippen LogP contribution in [0.25, 0.3) is 0 Å². The highest BCUT2D eigenvalue weighted by Gasteiger charge is 2.19. The van der Waals surface area contributed by atoms with Crippen LogP contribution in [0, 0.1) is 13.8 Å². The maximum absolute atomic E-state index is 12.5. The molecule has 0 saturated heterocycles. The molecule has 0 aliphatic heterocycles. The molecule has 0 spiro atoms. The predicted molar refractivity (Wildman–Crippen MR) is 108 cm³/mol. The molecule has 6 nitrogen and oxygen atoms in total. The van der Waals surface area contributed by atoms with E-state index >= 15 is 0 Å². The molecule has 0 saturated carbocycles. The molecule has 2 amide bonds. The molecule has 0 heterocycles. The Morgan fingerprint density at radius 3 is 2.46 bits per heavy atom. The zero-order valence-electron chi connectivity index (χ0n) is 16.5. The van der Waals surface area contributed by atoms with Crippen molar-refractivity contribution in [1.29, 1.82) is 0 Å². The summed E-state index contributed by atoms with van der Waals surface area (Å²) in [5.41, 5.74) is 2.98. The molecule has 1 N–H and O–H groups in total. The van der Waals surface area contributed by atoms with E-state index in [-0.39, 0.29) is 12.5 Å². The number of ether oxygens (including phenoxy) is 1. The van der Waals surface area contributed by atoms with Gasteiger partial charge in [0, 0.05) is 12.2 Å². The number of nitrogens with one attached hydrogen (secondary N) is 1. The molecular formula is C22H26N2O4. The second-order valence-corrected chi connectivity index (χ2v) is 6.62. The van der Waals surface area contributed by atoms with Crippen LogP contribution >= 0.6 is 0 Å². The third-order valence-corrected chi connectivity index (χ3v) is 4.18. The molecule has 28 heavy (non-hydrogen) atoms. The van der Waals surface area contributed by atoms with Gasteiger partial charge in [0.2, 0.25) is 5.91 Å². The predicted octanol–water partition coefficient (Wildman–Crippen LogP) is 3.34. The van der Waals surface area contributed by atoms with Gasteiger partial charge in [0.1, 0.15) is 0 Å². The largest absolute Gasteiger partial charge is 0.452 e. The summed E-state index contributed by atoms with van der Waals surface area (Å²) in [5, 5.41) is 2.81. The van der Waals surface area contributed by atoms with E-state index < -0.39 is 18.5 Å². The van der Waals surface area contributed by atoms with E-state index in [1.807, 2.05) is 51.1 Å². The van der Waals surface area contributed by atoms with Crippen LogP contribution in [0.1, 0.15) is 34.8 Å². The molecular weight excluding hydrogens is 356 g/mol. The molecule has 2 aromatic carbocycles. The summed E-state index contributed by atoms with van der Waals surface area (Å²) < 4.78 is 5.13. The van der Waals surface area contributed by atoms with E-state index in [2.05, 4.69) is 5.32 Å². The van der Waals surface area contributed by atoms with Crippen LogP contribution in [0.15, 0.2) is 48.5 Å². The maximum Gasteiger partial charge on any atom is 0.338 e. The van der Waals surface area contributed by atoms with Crippen molar-refractivity contribution >= 4 is 23.5 Å². The Morgan fingerprint density at radius 1 is 1.04 bits per heavy atom. The first-order valence-electron chi connectivity index (χ1n) is 9.27. The van der Waals surface area contributed by atoms with Crippen LogP contribution in [-0.2, 0) is 14.3 Å². The molecule has 2 rings (SSSR count). The number of amides is 2. The van der Waals surface area contributed by atoms with E-state index in [9.17, 15) is 14.4 Å². The van der Waals surface area contributed by atoms with E-state index in [1.54, 1.807) is 18.2 Å². The van der Waals surface area contributed by atoms with Crippen molar-refractivity contribution in [3.63, 3.8) is 0 Å². The SMILES string of the molecule is CCCN(CC(=O)Nc1ccccc1C)C(=O)COC(=O)c1cccc(C)c1. The second kappa shape index (κ2) is 10.3. The van der Waals surface area contributed by atoms with Gasteiger partial charge in [0.05, 0.1) is 12.1 Å². The molecule has 0 aromatic heterocycles. The Bertz CT molecular complexity index is 848. The monoisotopic (exact) mass is 382 g/mol. The number of hydrogen-bond acceptors (Lipinski definition) is 4. The van der Waals surface area contributed by atoms with Crippen LogP contribution < -0.4 is 5.32 Å². The highest BCUT2D eigenvalue weighted by molar-refractivity contribution is 5.96. The standard InChI is InChI=1S/C22H26N2O4/c1-4-12-24(14-20(25)23-19-11-6-5-9-17(19)3)21(26)15-28-22(27)18-10-7-8-16(2)13-18/h5-11,13H,4,12,14-15H2,1-3H3,(H,23,25). The van der Waals surface area contributed by atoms with Gasteiger partial charge in [-0.15, -0.1) is 0 Å². The van der Waals surface area contributed by atoms with Crippen molar-refractivity contribution in [2.45, 2.75) is 27.2 Å². The van der Waals surface area contributed by atoms with Crippen molar-refractivity contribution < 1.29 is 19.1 Å².